The topological polar surface area (TPSA) is 0 Å². The van der Waals surface area contributed by atoms with Crippen LogP contribution in [0.4, 0.5) is 0 Å². The second-order valence-electron chi connectivity index (χ2n) is 10.1. The van der Waals surface area contributed by atoms with E-state index in [0.717, 1.165) is 6.42 Å². The van der Waals surface area contributed by atoms with Crippen molar-refractivity contribution in [3.8, 4) is 11.1 Å². The van der Waals surface area contributed by atoms with Crippen molar-refractivity contribution in [1.29, 1.82) is 0 Å². The number of hydrogen-bond donors (Lipinski definition) is 0. The molecule has 5 aromatic rings. The molecule has 0 aliphatic heterocycles. The fourth-order valence-corrected chi connectivity index (χ4v) is 6.04. The van der Waals surface area contributed by atoms with Gasteiger partial charge >= 0.3 is 0 Å². The van der Waals surface area contributed by atoms with Gasteiger partial charge in [-0.1, -0.05) is 140 Å². The summed E-state index contributed by atoms with van der Waals surface area (Å²) in [6, 6.07) is 46.0. The highest BCUT2D eigenvalue weighted by Crippen LogP contribution is 2.45. The molecule has 2 aliphatic carbocycles. The summed E-state index contributed by atoms with van der Waals surface area (Å²) >= 11 is 0. The van der Waals surface area contributed by atoms with E-state index < -0.39 is 0 Å². The molecule has 180 valence electrons. The molecule has 1 atom stereocenters. The van der Waals surface area contributed by atoms with Crippen molar-refractivity contribution in [2.75, 3.05) is 0 Å². The van der Waals surface area contributed by atoms with Gasteiger partial charge in [-0.3, -0.25) is 0 Å². The zero-order valence-electron chi connectivity index (χ0n) is 21.2. The molecule has 0 saturated carbocycles. The minimum absolute atomic E-state index is 0.265. The first kappa shape index (κ1) is 22.5. The first-order valence-electron chi connectivity index (χ1n) is 13.4. The Morgan fingerprint density at radius 1 is 0.632 bits per heavy atom. The van der Waals surface area contributed by atoms with Gasteiger partial charge in [-0.2, -0.15) is 0 Å². The summed E-state index contributed by atoms with van der Waals surface area (Å²) in [7, 11) is 0. The summed E-state index contributed by atoms with van der Waals surface area (Å²) in [5.74, 6) is 0.265. The lowest BCUT2D eigenvalue weighted by Gasteiger charge is -2.19. The molecule has 7 rings (SSSR count). The lowest BCUT2D eigenvalue weighted by Crippen LogP contribution is -2.01. The van der Waals surface area contributed by atoms with Crippen molar-refractivity contribution in [1.82, 2.24) is 0 Å². The van der Waals surface area contributed by atoms with Crippen LogP contribution in [0, 0.1) is 0 Å². The van der Waals surface area contributed by atoms with Gasteiger partial charge in [0.1, 0.15) is 0 Å². The predicted molar refractivity (Wildman–Crippen MR) is 161 cm³/mol. The number of allylic oxidation sites excluding steroid dienone is 4. The highest BCUT2D eigenvalue weighted by molar-refractivity contribution is 5.92. The average Bonchev–Trinajstić information content (AvgIpc) is 3.62. The zero-order chi connectivity index (χ0) is 25.3. The van der Waals surface area contributed by atoms with Crippen LogP contribution in [0.2, 0.25) is 0 Å². The fourth-order valence-electron chi connectivity index (χ4n) is 6.04. The fraction of sp³-hybridized carbons (Fsp3) is 0.0526. The minimum Gasteiger partial charge on any atom is -0.0726 e. The van der Waals surface area contributed by atoms with Crippen molar-refractivity contribution in [2.45, 2.75) is 12.3 Å². The highest BCUT2D eigenvalue weighted by Gasteiger charge is 2.26. The molecule has 0 fully saturated rings. The molecule has 0 nitrogen and oxygen atoms in total. The van der Waals surface area contributed by atoms with Gasteiger partial charge in [-0.15, -0.1) is 0 Å². The third-order valence-electron chi connectivity index (χ3n) is 7.84. The SMILES string of the molecule is C1=CC(c2cccc3c2Cc2ccccc2-3)C(c2cccc(C=C(c3ccccc3)c3ccccc3)c2)=C1. The number of rotatable bonds is 5. The van der Waals surface area contributed by atoms with E-state index >= 15 is 0 Å². The molecule has 1 unspecified atom stereocenters. The molecular weight excluding hydrogens is 456 g/mol. The predicted octanol–water partition coefficient (Wildman–Crippen LogP) is 9.58. The van der Waals surface area contributed by atoms with Crippen molar-refractivity contribution in [3.05, 3.63) is 185 Å². The summed E-state index contributed by atoms with van der Waals surface area (Å²) < 4.78 is 0. The Morgan fingerprint density at radius 3 is 2.11 bits per heavy atom. The summed E-state index contributed by atoms with van der Waals surface area (Å²) in [6.45, 7) is 0. The quantitative estimate of drug-likeness (QED) is 0.214. The number of fused-ring (bicyclic) bond motifs is 3. The van der Waals surface area contributed by atoms with Gasteiger partial charge in [0.15, 0.2) is 0 Å². The van der Waals surface area contributed by atoms with Crippen LogP contribution in [0.15, 0.2) is 146 Å². The molecule has 0 heterocycles. The average molecular weight is 485 g/mol. The largest absolute Gasteiger partial charge is 0.0726 e. The molecule has 2 aliphatic rings. The lowest BCUT2D eigenvalue weighted by molar-refractivity contribution is 1.07. The van der Waals surface area contributed by atoms with Gasteiger partial charge in [-0.05, 0) is 79.8 Å². The Hall–Kier alpha value is -4.68. The maximum atomic E-state index is 2.36. The maximum absolute atomic E-state index is 2.36. The van der Waals surface area contributed by atoms with E-state index in [0.29, 0.717) is 0 Å². The molecule has 0 radical (unpaired) electrons. The molecule has 0 spiro atoms. The molecule has 5 aromatic carbocycles. The van der Waals surface area contributed by atoms with E-state index in [9.17, 15) is 0 Å². The number of hydrogen-bond acceptors (Lipinski definition) is 0. The van der Waals surface area contributed by atoms with Crippen LogP contribution in [0.5, 0.6) is 0 Å². The first-order chi connectivity index (χ1) is 18.8. The van der Waals surface area contributed by atoms with E-state index in [1.54, 1.807) is 0 Å². The summed E-state index contributed by atoms with van der Waals surface area (Å²) in [5.41, 5.74) is 14.7. The van der Waals surface area contributed by atoms with Gasteiger partial charge in [-0.25, -0.2) is 0 Å². The van der Waals surface area contributed by atoms with Crippen LogP contribution < -0.4 is 0 Å². The van der Waals surface area contributed by atoms with E-state index in [1.807, 2.05) is 0 Å². The summed E-state index contributed by atoms with van der Waals surface area (Å²) in [5, 5.41) is 0. The molecule has 38 heavy (non-hydrogen) atoms. The van der Waals surface area contributed by atoms with Crippen molar-refractivity contribution >= 4 is 17.2 Å². The van der Waals surface area contributed by atoms with Crippen LogP contribution in [0.1, 0.15) is 44.9 Å². The van der Waals surface area contributed by atoms with Gasteiger partial charge in [0, 0.05) is 5.92 Å². The molecule has 0 amide bonds. The monoisotopic (exact) mass is 484 g/mol. The van der Waals surface area contributed by atoms with Crippen molar-refractivity contribution in [3.63, 3.8) is 0 Å². The summed E-state index contributed by atoms with van der Waals surface area (Å²) in [4.78, 5) is 0. The van der Waals surface area contributed by atoms with Crippen LogP contribution in [-0.2, 0) is 6.42 Å². The second-order valence-corrected chi connectivity index (χ2v) is 10.1. The molecule has 0 heteroatoms. The van der Waals surface area contributed by atoms with Crippen LogP contribution in [0.25, 0.3) is 28.3 Å². The normalized spacial score (nSPS) is 15.1. The molecular formula is C38H28. The third kappa shape index (κ3) is 4.05. The first-order valence-corrected chi connectivity index (χ1v) is 13.4. The molecule has 0 aromatic heterocycles. The highest BCUT2D eigenvalue weighted by atomic mass is 14.3. The Kier molecular flexibility index (Phi) is 5.72. The molecule has 0 bridgehead atoms. The molecule has 0 saturated heterocycles. The Labute approximate surface area is 224 Å². The Balaban J connectivity index is 1.27. The second kappa shape index (κ2) is 9.65. The summed E-state index contributed by atoms with van der Waals surface area (Å²) in [6.07, 6.45) is 10.2. The van der Waals surface area contributed by atoms with Gasteiger partial charge in [0.2, 0.25) is 0 Å². The van der Waals surface area contributed by atoms with E-state index in [-0.39, 0.29) is 5.92 Å². The van der Waals surface area contributed by atoms with Crippen LogP contribution >= 0.6 is 0 Å². The zero-order valence-corrected chi connectivity index (χ0v) is 21.2. The van der Waals surface area contributed by atoms with Gasteiger partial charge in [0.05, 0.1) is 0 Å². The van der Waals surface area contributed by atoms with Crippen molar-refractivity contribution < 1.29 is 0 Å². The van der Waals surface area contributed by atoms with Crippen molar-refractivity contribution in [2.24, 2.45) is 0 Å². The smallest absolute Gasteiger partial charge is 0.0281 e. The maximum Gasteiger partial charge on any atom is 0.0281 e. The van der Waals surface area contributed by atoms with E-state index in [2.05, 4.69) is 152 Å². The lowest BCUT2D eigenvalue weighted by atomic mass is 9.84. The Bertz CT molecular complexity index is 1670. The standard InChI is InChI=1S/C38H28/c1-3-13-28(14-4-1)37(29-15-5-2-6-16-29)25-27-12-9-18-30(24-27)33-20-10-21-34(33)36-23-11-22-35-32-19-8-7-17-31(32)26-38(35)36/h1-25,34H,26H2. The van der Waals surface area contributed by atoms with E-state index in [1.165, 1.54) is 61.2 Å². The van der Waals surface area contributed by atoms with Crippen LogP contribution in [-0.4, -0.2) is 0 Å². The number of benzene rings is 5. The van der Waals surface area contributed by atoms with Gasteiger partial charge in [0.25, 0.3) is 0 Å². The Morgan fingerprint density at radius 2 is 1.32 bits per heavy atom. The van der Waals surface area contributed by atoms with Crippen LogP contribution in [0.3, 0.4) is 0 Å². The van der Waals surface area contributed by atoms with Gasteiger partial charge < -0.3 is 0 Å². The minimum atomic E-state index is 0.265. The van der Waals surface area contributed by atoms with E-state index in [4.69, 9.17) is 0 Å². The molecule has 0 N–H and O–H groups in total. The third-order valence-corrected chi connectivity index (χ3v) is 7.84.